The number of halogens is 1. The molecule has 0 bridgehead atoms. The highest BCUT2D eigenvalue weighted by atomic mass is 79.9. The van der Waals surface area contributed by atoms with Crippen molar-refractivity contribution in [2.45, 2.75) is 38.8 Å². The third-order valence-corrected chi connectivity index (χ3v) is 5.60. The summed E-state index contributed by atoms with van der Waals surface area (Å²) >= 11 is 5.50. The summed E-state index contributed by atoms with van der Waals surface area (Å²) in [6, 6.07) is 3.01. The number of hydrogen-bond acceptors (Lipinski definition) is 3. The molecular formula is C13H21BrN2S. The Kier molecular flexibility index (Phi) is 5.03. The molecule has 1 atom stereocenters. The molecule has 17 heavy (non-hydrogen) atoms. The summed E-state index contributed by atoms with van der Waals surface area (Å²) in [6.45, 7) is 5.62. The van der Waals surface area contributed by atoms with Crippen LogP contribution in [0.3, 0.4) is 0 Å². The van der Waals surface area contributed by atoms with Crippen molar-refractivity contribution in [2.24, 2.45) is 0 Å². The highest BCUT2D eigenvalue weighted by molar-refractivity contribution is 9.10. The zero-order valence-corrected chi connectivity index (χ0v) is 13.0. The summed E-state index contributed by atoms with van der Waals surface area (Å²) in [5.74, 6) is 0. The molecule has 1 saturated heterocycles. The van der Waals surface area contributed by atoms with E-state index in [2.05, 4.69) is 46.2 Å². The topological polar surface area (TPSA) is 15.3 Å². The second kappa shape index (κ2) is 6.32. The van der Waals surface area contributed by atoms with Crippen LogP contribution in [0.15, 0.2) is 10.5 Å². The van der Waals surface area contributed by atoms with Crippen molar-refractivity contribution in [1.82, 2.24) is 10.2 Å². The van der Waals surface area contributed by atoms with E-state index in [1.165, 1.54) is 46.6 Å². The largest absolute Gasteiger partial charge is 0.317 e. The maximum Gasteiger partial charge on any atom is 0.0328 e. The van der Waals surface area contributed by atoms with E-state index in [1.54, 1.807) is 0 Å². The van der Waals surface area contributed by atoms with E-state index in [0.29, 0.717) is 0 Å². The molecule has 1 unspecified atom stereocenters. The van der Waals surface area contributed by atoms with Gasteiger partial charge in [0.05, 0.1) is 0 Å². The molecule has 2 heterocycles. The van der Waals surface area contributed by atoms with E-state index in [0.717, 1.165) is 12.6 Å². The van der Waals surface area contributed by atoms with Crippen molar-refractivity contribution in [3.8, 4) is 0 Å². The predicted molar refractivity (Wildman–Crippen MR) is 78.7 cm³/mol. The van der Waals surface area contributed by atoms with Gasteiger partial charge >= 0.3 is 0 Å². The number of rotatable bonds is 3. The lowest BCUT2D eigenvalue weighted by Gasteiger charge is -2.26. The number of thiophene rings is 1. The number of nitrogens with zero attached hydrogens (tertiary/aromatic N) is 1. The molecule has 2 rings (SSSR count). The molecule has 96 valence electrons. The Balaban J connectivity index is 1.93. The van der Waals surface area contributed by atoms with E-state index in [1.807, 2.05) is 11.3 Å². The minimum absolute atomic E-state index is 0.742. The van der Waals surface area contributed by atoms with Gasteiger partial charge in [-0.05, 0) is 68.3 Å². The van der Waals surface area contributed by atoms with E-state index in [9.17, 15) is 0 Å². The Morgan fingerprint density at radius 1 is 1.47 bits per heavy atom. The van der Waals surface area contributed by atoms with Crippen LogP contribution in [-0.2, 0) is 6.54 Å². The Morgan fingerprint density at radius 2 is 2.29 bits per heavy atom. The minimum Gasteiger partial charge on any atom is -0.317 e. The molecule has 1 aromatic heterocycles. The fourth-order valence-electron chi connectivity index (χ4n) is 2.41. The molecular weight excluding hydrogens is 296 g/mol. The first-order chi connectivity index (χ1) is 8.16. The van der Waals surface area contributed by atoms with Crippen LogP contribution in [0.2, 0.25) is 0 Å². The Morgan fingerprint density at radius 3 is 3.00 bits per heavy atom. The van der Waals surface area contributed by atoms with Crippen LogP contribution >= 0.6 is 27.3 Å². The molecule has 1 N–H and O–H groups in total. The lowest BCUT2D eigenvalue weighted by atomic mass is 10.1. The number of hydrogen-bond donors (Lipinski definition) is 1. The number of nitrogens with one attached hydrogen (secondary N) is 1. The molecule has 4 heteroatoms. The first kappa shape index (κ1) is 13.5. The summed E-state index contributed by atoms with van der Waals surface area (Å²) in [5, 5.41) is 3.48. The molecule has 0 aromatic carbocycles. The van der Waals surface area contributed by atoms with Crippen molar-refractivity contribution >= 4 is 27.3 Å². The normalized spacial score (nSPS) is 21.8. The van der Waals surface area contributed by atoms with Gasteiger partial charge in [0.2, 0.25) is 0 Å². The summed E-state index contributed by atoms with van der Waals surface area (Å²) in [5.41, 5.74) is 0. The van der Waals surface area contributed by atoms with Crippen molar-refractivity contribution < 1.29 is 0 Å². The molecule has 0 amide bonds. The van der Waals surface area contributed by atoms with Crippen molar-refractivity contribution in [1.29, 1.82) is 0 Å². The first-order valence-corrected chi connectivity index (χ1v) is 7.93. The summed E-state index contributed by atoms with van der Waals surface area (Å²) in [7, 11) is 2.26. The summed E-state index contributed by atoms with van der Waals surface area (Å²) < 4.78 is 1.26. The zero-order chi connectivity index (χ0) is 12.3. The van der Waals surface area contributed by atoms with Crippen molar-refractivity contribution in [3.63, 3.8) is 0 Å². The quantitative estimate of drug-likeness (QED) is 0.919. The lowest BCUT2D eigenvalue weighted by Crippen LogP contribution is -2.31. The second-order valence-corrected chi connectivity index (χ2v) is 7.06. The van der Waals surface area contributed by atoms with Crippen molar-refractivity contribution in [2.75, 3.05) is 20.1 Å². The van der Waals surface area contributed by atoms with Crippen LogP contribution in [0.5, 0.6) is 0 Å². The van der Waals surface area contributed by atoms with Gasteiger partial charge in [-0.25, -0.2) is 0 Å². The number of aryl methyl sites for hydroxylation is 1. The monoisotopic (exact) mass is 316 g/mol. The zero-order valence-electron chi connectivity index (χ0n) is 10.6. The molecule has 0 spiro atoms. The SMILES string of the molecule is Cc1sc(CN(C)C2CCCNCC2)cc1Br. The van der Waals surface area contributed by atoms with E-state index < -0.39 is 0 Å². The average Bonchev–Trinajstić information content (AvgIpc) is 2.54. The van der Waals surface area contributed by atoms with Gasteiger partial charge in [-0.1, -0.05) is 0 Å². The Labute approximate surface area is 117 Å². The van der Waals surface area contributed by atoms with Gasteiger partial charge in [0.25, 0.3) is 0 Å². The smallest absolute Gasteiger partial charge is 0.0328 e. The second-order valence-electron chi connectivity index (χ2n) is 4.87. The molecule has 0 saturated carbocycles. The highest BCUT2D eigenvalue weighted by Crippen LogP contribution is 2.28. The predicted octanol–water partition coefficient (Wildman–Crippen LogP) is 3.39. The van der Waals surface area contributed by atoms with Crippen LogP contribution < -0.4 is 5.32 Å². The van der Waals surface area contributed by atoms with Crippen molar-refractivity contribution in [3.05, 3.63) is 20.3 Å². The van der Waals surface area contributed by atoms with Gasteiger partial charge in [-0.2, -0.15) is 0 Å². The van der Waals surface area contributed by atoms with E-state index >= 15 is 0 Å². The van der Waals surface area contributed by atoms with Gasteiger partial charge in [0, 0.05) is 26.8 Å². The Hall–Kier alpha value is 0.100. The van der Waals surface area contributed by atoms with Gasteiger partial charge in [-0.3, -0.25) is 4.90 Å². The van der Waals surface area contributed by atoms with Crippen LogP contribution in [0.25, 0.3) is 0 Å². The summed E-state index contributed by atoms with van der Waals surface area (Å²) in [4.78, 5) is 5.37. The summed E-state index contributed by atoms with van der Waals surface area (Å²) in [6.07, 6.45) is 3.92. The molecule has 2 nitrogen and oxygen atoms in total. The molecule has 1 aliphatic heterocycles. The van der Waals surface area contributed by atoms with Crippen LogP contribution in [-0.4, -0.2) is 31.1 Å². The maximum atomic E-state index is 3.60. The fraction of sp³-hybridized carbons (Fsp3) is 0.692. The van der Waals surface area contributed by atoms with Crippen LogP contribution in [0, 0.1) is 6.92 Å². The molecule has 1 aromatic rings. The van der Waals surface area contributed by atoms with Gasteiger partial charge in [-0.15, -0.1) is 11.3 Å². The van der Waals surface area contributed by atoms with Gasteiger partial charge in [0.15, 0.2) is 0 Å². The first-order valence-electron chi connectivity index (χ1n) is 6.32. The standard InChI is InChI=1S/C13H21BrN2S/c1-10-13(14)8-12(17-10)9-16(2)11-4-3-6-15-7-5-11/h8,11,15H,3-7,9H2,1-2H3. The molecule has 0 aliphatic carbocycles. The molecule has 1 fully saturated rings. The highest BCUT2D eigenvalue weighted by Gasteiger charge is 2.17. The third kappa shape index (κ3) is 3.78. The molecule has 1 aliphatic rings. The average molecular weight is 317 g/mol. The fourth-order valence-corrected chi connectivity index (χ4v) is 4.08. The van der Waals surface area contributed by atoms with Crippen LogP contribution in [0.1, 0.15) is 29.0 Å². The van der Waals surface area contributed by atoms with E-state index in [-0.39, 0.29) is 0 Å². The minimum atomic E-state index is 0.742. The third-order valence-electron chi connectivity index (χ3n) is 3.48. The lowest BCUT2D eigenvalue weighted by molar-refractivity contribution is 0.218. The Bertz CT molecular complexity index is 337. The maximum absolute atomic E-state index is 3.60. The van der Waals surface area contributed by atoms with Gasteiger partial charge < -0.3 is 5.32 Å². The molecule has 0 radical (unpaired) electrons. The van der Waals surface area contributed by atoms with E-state index in [4.69, 9.17) is 0 Å². The van der Waals surface area contributed by atoms with Gasteiger partial charge in [0.1, 0.15) is 0 Å². The van der Waals surface area contributed by atoms with Crippen LogP contribution in [0.4, 0.5) is 0 Å².